The van der Waals surface area contributed by atoms with E-state index < -0.39 is 0 Å². The second-order valence-corrected chi connectivity index (χ2v) is 7.36. The average Bonchev–Trinajstić information content (AvgIpc) is 2.83. The lowest BCUT2D eigenvalue weighted by Gasteiger charge is -2.09. The number of rotatable bonds is 11. The molecule has 0 N–H and O–H groups in total. The highest BCUT2D eigenvalue weighted by atomic mass is 16.6. The first-order chi connectivity index (χ1) is 15.2. The van der Waals surface area contributed by atoms with Gasteiger partial charge in [0, 0.05) is 7.11 Å². The highest BCUT2D eigenvalue weighted by Crippen LogP contribution is 2.26. The van der Waals surface area contributed by atoms with Crippen molar-refractivity contribution >= 4 is 5.97 Å². The fraction of sp³-hybridized carbons (Fsp3) is 0.296. The minimum absolute atomic E-state index is 0.254. The topological polar surface area (TPSA) is 44.8 Å². The fourth-order valence-corrected chi connectivity index (χ4v) is 3.24. The maximum atomic E-state index is 12.0. The Morgan fingerprint density at radius 3 is 1.71 bits per heavy atom. The minimum atomic E-state index is -0.336. The Bertz CT molecular complexity index is 928. The lowest BCUT2D eigenvalue weighted by molar-refractivity contribution is 0.0388. The molecule has 0 bridgehead atoms. The molecule has 0 atom stereocenters. The number of carbonyl (C=O) groups excluding carboxylic acids is 1. The zero-order chi connectivity index (χ0) is 21.9. The standard InChI is InChI=1S/C27H30O4/c1-3-4-5-18-30-26-16-14-24(15-17-26)22-8-6-21(7-9-22)23-10-12-25(13-11-23)27(28)31-20-19-29-2/h6-17H,3-5,18-20H2,1-2H3. The first kappa shape index (κ1) is 22.6. The van der Waals surface area contributed by atoms with Crippen LogP contribution in [0.2, 0.25) is 0 Å². The van der Waals surface area contributed by atoms with Crippen molar-refractivity contribution in [3.63, 3.8) is 0 Å². The Balaban J connectivity index is 1.60. The summed E-state index contributed by atoms with van der Waals surface area (Å²) in [5, 5.41) is 0. The molecule has 0 spiro atoms. The molecule has 0 fully saturated rings. The van der Waals surface area contributed by atoms with Gasteiger partial charge in [-0.15, -0.1) is 0 Å². The van der Waals surface area contributed by atoms with Crippen LogP contribution in [0.1, 0.15) is 36.5 Å². The number of carbonyl (C=O) groups is 1. The van der Waals surface area contributed by atoms with Crippen molar-refractivity contribution in [1.29, 1.82) is 0 Å². The van der Waals surface area contributed by atoms with Crippen molar-refractivity contribution in [2.24, 2.45) is 0 Å². The van der Waals surface area contributed by atoms with E-state index in [-0.39, 0.29) is 12.6 Å². The van der Waals surface area contributed by atoms with Crippen LogP contribution in [0.25, 0.3) is 22.3 Å². The first-order valence-electron chi connectivity index (χ1n) is 10.8. The van der Waals surface area contributed by atoms with Crippen LogP contribution in [-0.4, -0.2) is 32.9 Å². The second-order valence-electron chi connectivity index (χ2n) is 7.36. The normalized spacial score (nSPS) is 10.6. The molecule has 0 saturated carbocycles. The van der Waals surface area contributed by atoms with Gasteiger partial charge < -0.3 is 14.2 Å². The van der Waals surface area contributed by atoms with Crippen LogP contribution in [0.3, 0.4) is 0 Å². The van der Waals surface area contributed by atoms with Crippen LogP contribution in [0.4, 0.5) is 0 Å². The van der Waals surface area contributed by atoms with Gasteiger partial charge in [0.15, 0.2) is 0 Å². The molecule has 0 aliphatic heterocycles. The van der Waals surface area contributed by atoms with Crippen molar-refractivity contribution in [2.45, 2.75) is 26.2 Å². The summed E-state index contributed by atoms with van der Waals surface area (Å²) < 4.78 is 15.8. The smallest absolute Gasteiger partial charge is 0.338 e. The molecule has 0 radical (unpaired) electrons. The molecule has 0 unspecified atom stereocenters. The van der Waals surface area contributed by atoms with Crippen LogP contribution in [-0.2, 0) is 9.47 Å². The predicted molar refractivity (Wildman–Crippen MR) is 124 cm³/mol. The molecule has 4 heteroatoms. The van der Waals surface area contributed by atoms with Crippen molar-refractivity contribution in [3.05, 3.63) is 78.4 Å². The highest BCUT2D eigenvalue weighted by molar-refractivity contribution is 5.90. The van der Waals surface area contributed by atoms with Crippen molar-refractivity contribution in [3.8, 4) is 28.0 Å². The molecule has 0 aliphatic carbocycles. The number of unbranched alkanes of at least 4 members (excludes halogenated alkanes) is 2. The molecule has 3 aromatic rings. The third-order valence-electron chi connectivity index (χ3n) is 5.06. The molecule has 162 valence electrons. The Hall–Kier alpha value is -3.11. The highest BCUT2D eigenvalue weighted by Gasteiger charge is 2.07. The Morgan fingerprint density at radius 1 is 0.677 bits per heavy atom. The van der Waals surface area contributed by atoms with Gasteiger partial charge in [0.2, 0.25) is 0 Å². The van der Waals surface area contributed by atoms with Crippen molar-refractivity contribution < 1.29 is 19.0 Å². The summed E-state index contributed by atoms with van der Waals surface area (Å²) in [6, 6.07) is 24.1. The summed E-state index contributed by atoms with van der Waals surface area (Å²) in [5.41, 5.74) is 4.99. The second kappa shape index (κ2) is 11.9. The third kappa shape index (κ3) is 6.69. The van der Waals surface area contributed by atoms with E-state index in [1.165, 1.54) is 12.8 Å². The molecule has 3 rings (SSSR count). The molecule has 0 aromatic heterocycles. The minimum Gasteiger partial charge on any atom is -0.494 e. The molecular weight excluding hydrogens is 388 g/mol. The molecule has 4 nitrogen and oxygen atoms in total. The van der Waals surface area contributed by atoms with Gasteiger partial charge in [-0.25, -0.2) is 4.79 Å². The summed E-state index contributed by atoms with van der Waals surface area (Å²) in [6.45, 7) is 3.61. The zero-order valence-corrected chi connectivity index (χ0v) is 18.3. The first-order valence-corrected chi connectivity index (χ1v) is 10.8. The summed E-state index contributed by atoms with van der Waals surface area (Å²) in [4.78, 5) is 12.0. The molecule has 0 aliphatic rings. The number of hydrogen-bond acceptors (Lipinski definition) is 4. The SMILES string of the molecule is CCCCCOc1ccc(-c2ccc(-c3ccc(C(=O)OCCOC)cc3)cc2)cc1. The van der Waals surface area contributed by atoms with E-state index >= 15 is 0 Å². The molecule has 0 heterocycles. The molecule has 31 heavy (non-hydrogen) atoms. The van der Waals surface area contributed by atoms with Crippen molar-refractivity contribution in [2.75, 3.05) is 26.9 Å². The fourth-order valence-electron chi connectivity index (χ4n) is 3.24. The third-order valence-corrected chi connectivity index (χ3v) is 5.06. The summed E-state index contributed by atoms with van der Waals surface area (Å²) >= 11 is 0. The van der Waals surface area contributed by atoms with Crippen molar-refractivity contribution in [1.82, 2.24) is 0 Å². The van der Waals surface area contributed by atoms with Crippen LogP contribution in [0, 0.1) is 0 Å². The monoisotopic (exact) mass is 418 g/mol. The van der Waals surface area contributed by atoms with Gasteiger partial charge in [-0.1, -0.05) is 68.3 Å². The van der Waals surface area contributed by atoms with E-state index in [1.807, 2.05) is 24.3 Å². The Kier molecular flexibility index (Phi) is 8.68. The van der Waals surface area contributed by atoms with E-state index in [0.29, 0.717) is 12.2 Å². The number of benzene rings is 3. The van der Waals surface area contributed by atoms with E-state index in [9.17, 15) is 4.79 Å². The van der Waals surface area contributed by atoms with Crippen LogP contribution in [0.5, 0.6) is 5.75 Å². The lowest BCUT2D eigenvalue weighted by atomic mass is 9.99. The predicted octanol–water partition coefficient (Wildman–Crippen LogP) is 6.39. The van der Waals surface area contributed by atoms with Gasteiger partial charge in [0.1, 0.15) is 12.4 Å². The molecule has 0 saturated heterocycles. The maximum Gasteiger partial charge on any atom is 0.338 e. The van der Waals surface area contributed by atoms with E-state index in [4.69, 9.17) is 14.2 Å². The zero-order valence-electron chi connectivity index (χ0n) is 18.3. The number of methoxy groups -OCH3 is 1. The van der Waals surface area contributed by atoms with Gasteiger partial charge in [-0.3, -0.25) is 0 Å². The van der Waals surface area contributed by atoms with Crippen LogP contribution < -0.4 is 4.74 Å². The Labute approximate surface area is 184 Å². The Morgan fingerprint density at radius 2 is 1.19 bits per heavy atom. The summed E-state index contributed by atoms with van der Waals surface area (Å²) in [7, 11) is 1.58. The van der Waals surface area contributed by atoms with Gasteiger partial charge >= 0.3 is 5.97 Å². The lowest BCUT2D eigenvalue weighted by Crippen LogP contribution is -2.09. The maximum absolute atomic E-state index is 12.0. The van der Waals surface area contributed by atoms with Gasteiger partial charge in [-0.05, 0) is 52.9 Å². The molecule has 3 aromatic carbocycles. The average molecular weight is 419 g/mol. The molecular formula is C27H30O4. The summed E-state index contributed by atoms with van der Waals surface area (Å²) in [6.07, 6.45) is 3.49. The van der Waals surface area contributed by atoms with E-state index in [0.717, 1.165) is 41.0 Å². The van der Waals surface area contributed by atoms with Crippen LogP contribution >= 0.6 is 0 Å². The summed E-state index contributed by atoms with van der Waals surface area (Å²) in [5.74, 6) is 0.578. The van der Waals surface area contributed by atoms with Gasteiger partial charge in [0.05, 0.1) is 18.8 Å². The largest absolute Gasteiger partial charge is 0.494 e. The van der Waals surface area contributed by atoms with Gasteiger partial charge in [0.25, 0.3) is 0 Å². The van der Waals surface area contributed by atoms with Gasteiger partial charge in [-0.2, -0.15) is 0 Å². The van der Waals surface area contributed by atoms with Crippen LogP contribution in [0.15, 0.2) is 72.8 Å². The number of hydrogen-bond donors (Lipinski definition) is 0. The van der Waals surface area contributed by atoms with E-state index in [1.54, 1.807) is 19.2 Å². The quantitative estimate of drug-likeness (QED) is 0.267. The number of ether oxygens (including phenoxy) is 3. The molecule has 0 amide bonds. The van der Waals surface area contributed by atoms with E-state index in [2.05, 4.69) is 43.3 Å². The number of esters is 1.